The molecule has 0 aliphatic rings. The number of aryl methyl sites for hydroxylation is 1. The zero-order chi connectivity index (χ0) is 21.8. The maximum absolute atomic E-state index is 12.3. The Labute approximate surface area is 177 Å². The fraction of sp³-hybridized carbons (Fsp3) is 0.227. The van der Waals surface area contributed by atoms with Gasteiger partial charge in [0.15, 0.2) is 5.52 Å². The summed E-state index contributed by atoms with van der Waals surface area (Å²) in [6, 6.07) is 13.7. The Bertz CT molecular complexity index is 1290. The van der Waals surface area contributed by atoms with Crippen LogP contribution in [0, 0.1) is 0 Å². The normalized spacial score (nSPS) is 11.0. The molecule has 2 aromatic heterocycles. The van der Waals surface area contributed by atoms with E-state index in [-0.39, 0.29) is 23.1 Å². The highest BCUT2D eigenvalue weighted by molar-refractivity contribution is 5.76. The molecule has 2 aromatic carbocycles. The van der Waals surface area contributed by atoms with Crippen molar-refractivity contribution in [2.24, 2.45) is 0 Å². The number of benzene rings is 2. The first-order valence-corrected chi connectivity index (χ1v) is 9.94. The molecule has 4 aromatic rings. The van der Waals surface area contributed by atoms with Crippen molar-refractivity contribution in [1.82, 2.24) is 25.4 Å². The predicted molar refractivity (Wildman–Crippen MR) is 115 cm³/mol. The molecule has 0 amide bonds. The number of H-pyrrole nitrogens is 2. The summed E-state index contributed by atoms with van der Waals surface area (Å²) >= 11 is 0. The summed E-state index contributed by atoms with van der Waals surface area (Å²) in [5.74, 6) is 0.148. The molecule has 0 spiro atoms. The smallest absolute Gasteiger partial charge is 0.303 e. The first-order chi connectivity index (χ1) is 15.0. The van der Waals surface area contributed by atoms with E-state index in [4.69, 9.17) is 9.84 Å². The van der Waals surface area contributed by atoms with Crippen LogP contribution in [0.4, 0.5) is 0 Å². The molecule has 0 atom stereocenters. The number of carboxylic acids is 1. The molecule has 3 N–H and O–H groups in total. The van der Waals surface area contributed by atoms with E-state index in [1.807, 2.05) is 49.4 Å². The van der Waals surface area contributed by atoms with Crippen LogP contribution in [0.15, 0.2) is 47.3 Å². The molecule has 9 nitrogen and oxygen atoms in total. The van der Waals surface area contributed by atoms with E-state index in [9.17, 15) is 9.59 Å². The van der Waals surface area contributed by atoms with E-state index < -0.39 is 5.97 Å². The SMILES string of the molecule is CCOc1cc(-c2cccc(CCCC(=O)O)c2)ccc1-c1nc2n[nH]nc2c(=O)[nH]1. The molecule has 0 aliphatic carbocycles. The van der Waals surface area contributed by atoms with Crippen molar-refractivity contribution in [3.05, 3.63) is 58.4 Å². The molecule has 0 aliphatic heterocycles. The van der Waals surface area contributed by atoms with Gasteiger partial charge in [-0.1, -0.05) is 30.3 Å². The number of ether oxygens (including phenoxy) is 1. The lowest BCUT2D eigenvalue weighted by molar-refractivity contribution is -0.137. The van der Waals surface area contributed by atoms with E-state index in [1.165, 1.54) is 0 Å². The van der Waals surface area contributed by atoms with Gasteiger partial charge in [-0.25, -0.2) is 4.98 Å². The van der Waals surface area contributed by atoms with Gasteiger partial charge in [-0.3, -0.25) is 9.59 Å². The maximum atomic E-state index is 12.3. The standard InChI is InChI=1S/C22H21N5O4/c1-2-31-17-12-15(14-7-3-5-13(11-14)6-4-8-18(28)29)9-10-16(17)20-23-21-19(22(30)24-20)25-27-26-21/h3,5,7,9-12H,2,4,6,8H2,1H3,(H,28,29)(H2,23,24,25,26,27,30). The van der Waals surface area contributed by atoms with Gasteiger partial charge < -0.3 is 14.8 Å². The minimum absolute atomic E-state index is 0.147. The summed E-state index contributed by atoms with van der Waals surface area (Å²) in [5.41, 5.74) is 3.66. The summed E-state index contributed by atoms with van der Waals surface area (Å²) in [7, 11) is 0. The van der Waals surface area contributed by atoms with E-state index >= 15 is 0 Å². The monoisotopic (exact) mass is 419 g/mol. The summed E-state index contributed by atoms with van der Waals surface area (Å²) in [6.07, 6.45) is 1.43. The number of aromatic nitrogens is 5. The Morgan fingerprint density at radius 1 is 1.13 bits per heavy atom. The molecule has 0 saturated carbocycles. The summed E-state index contributed by atoms with van der Waals surface area (Å²) in [6.45, 7) is 2.33. The molecule has 0 bridgehead atoms. The van der Waals surface area contributed by atoms with Crippen LogP contribution in [0.2, 0.25) is 0 Å². The van der Waals surface area contributed by atoms with Crippen molar-refractivity contribution in [2.45, 2.75) is 26.2 Å². The van der Waals surface area contributed by atoms with Gasteiger partial charge in [-0.15, -0.1) is 10.2 Å². The third kappa shape index (κ3) is 4.45. The van der Waals surface area contributed by atoms with Crippen LogP contribution in [-0.4, -0.2) is 43.1 Å². The first-order valence-electron chi connectivity index (χ1n) is 9.94. The largest absolute Gasteiger partial charge is 0.493 e. The molecular weight excluding hydrogens is 398 g/mol. The second kappa shape index (κ2) is 8.78. The maximum Gasteiger partial charge on any atom is 0.303 e. The second-order valence-corrected chi connectivity index (χ2v) is 7.00. The molecule has 0 radical (unpaired) electrons. The fourth-order valence-electron chi connectivity index (χ4n) is 3.41. The molecule has 158 valence electrons. The number of rotatable bonds is 8. The Kier molecular flexibility index (Phi) is 5.74. The number of aromatic amines is 2. The van der Waals surface area contributed by atoms with Crippen LogP contribution in [0.5, 0.6) is 5.75 Å². The zero-order valence-corrected chi connectivity index (χ0v) is 16.9. The van der Waals surface area contributed by atoms with Gasteiger partial charge >= 0.3 is 5.97 Å². The highest BCUT2D eigenvalue weighted by atomic mass is 16.5. The lowest BCUT2D eigenvalue weighted by Crippen LogP contribution is -2.10. The van der Waals surface area contributed by atoms with Gasteiger partial charge in [0.1, 0.15) is 11.6 Å². The number of carboxylic acid groups (broad SMARTS) is 1. The number of hydrogen-bond acceptors (Lipinski definition) is 6. The van der Waals surface area contributed by atoms with Crippen molar-refractivity contribution in [2.75, 3.05) is 6.61 Å². The molecule has 0 fully saturated rings. The molecule has 31 heavy (non-hydrogen) atoms. The molecule has 9 heteroatoms. The summed E-state index contributed by atoms with van der Waals surface area (Å²) in [5, 5.41) is 19.0. The Morgan fingerprint density at radius 2 is 1.97 bits per heavy atom. The predicted octanol–water partition coefficient (Wildman–Crippen LogP) is 3.18. The van der Waals surface area contributed by atoms with Crippen molar-refractivity contribution in [3.63, 3.8) is 0 Å². The molecular formula is C22H21N5O4. The van der Waals surface area contributed by atoms with E-state index in [2.05, 4.69) is 25.4 Å². The van der Waals surface area contributed by atoms with E-state index in [0.717, 1.165) is 16.7 Å². The number of nitrogens with zero attached hydrogens (tertiary/aromatic N) is 3. The van der Waals surface area contributed by atoms with Gasteiger partial charge in [0, 0.05) is 6.42 Å². The van der Waals surface area contributed by atoms with Crippen molar-refractivity contribution in [1.29, 1.82) is 0 Å². The van der Waals surface area contributed by atoms with Gasteiger partial charge in [0.25, 0.3) is 5.56 Å². The topological polar surface area (TPSA) is 134 Å². The number of hydrogen-bond donors (Lipinski definition) is 3. The highest BCUT2D eigenvalue weighted by Gasteiger charge is 2.14. The molecule has 0 saturated heterocycles. The molecule has 4 rings (SSSR count). The van der Waals surface area contributed by atoms with E-state index in [0.29, 0.717) is 36.6 Å². The lowest BCUT2D eigenvalue weighted by Gasteiger charge is -2.12. The van der Waals surface area contributed by atoms with Crippen LogP contribution in [0.1, 0.15) is 25.3 Å². The van der Waals surface area contributed by atoms with Crippen LogP contribution < -0.4 is 10.3 Å². The van der Waals surface area contributed by atoms with E-state index in [1.54, 1.807) is 0 Å². The van der Waals surface area contributed by atoms with Gasteiger partial charge in [-0.2, -0.15) is 5.21 Å². The highest BCUT2D eigenvalue weighted by Crippen LogP contribution is 2.33. The summed E-state index contributed by atoms with van der Waals surface area (Å²) in [4.78, 5) is 30.1. The minimum Gasteiger partial charge on any atom is -0.493 e. The lowest BCUT2D eigenvalue weighted by atomic mass is 9.99. The second-order valence-electron chi connectivity index (χ2n) is 7.00. The third-order valence-corrected chi connectivity index (χ3v) is 4.85. The molecule has 2 heterocycles. The number of aliphatic carboxylic acids is 1. The Balaban J connectivity index is 1.69. The minimum atomic E-state index is -0.788. The van der Waals surface area contributed by atoms with Gasteiger partial charge in [0.2, 0.25) is 5.65 Å². The van der Waals surface area contributed by atoms with Crippen LogP contribution in [0.25, 0.3) is 33.7 Å². The average Bonchev–Trinajstić information content (AvgIpc) is 3.23. The molecule has 0 unspecified atom stereocenters. The Hall–Kier alpha value is -4.01. The number of nitrogens with one attached hydrogen (secondary N) is 2. The van der Waals surface area contributed by atoms with Crippen LogP contribution in [0.3, 0.4) is 0 Å². The quantitative estimate of drug-likeness (QED) is 0.399. The average molecular weight is 419 g/mol. The zero-order valence-electron chi connectivity index (χ0n) is 16.9. The van der Waals surface area contributed by atoms with Crippen molar-refractivity contribution in [3.8, 4) is 28.3 Å². The van der Waals surface area contributed by atoms with Crippen LogP contribution in [-0.2, 0) is 11.2 Å². The van der Waals surface area contributed by atoms with Crippen LogP contribution >= 0.6 is 0 Å². The number of fused-ring (bicyclic) bond motifs is 1. The van der Waals surface area contributed by atoms with Crippen molar-refractivity contribution < 1.29 is 14.6 Å². The van der Waals surface area contributed by atoms with Gasteiger partial charge in [-0.05, 0) is 48.6 Å². The third-order valence-electron chi connectivity index (χ3n) is 4.85. The number of carbonyl (C=O) groups is 1. The fourth-order valence-corrected chi connectivity index (χ4v) is 3.41. The van der Waals surface area contributed by atoms with Gasteiger partial charge in [0.05, 0.1) is 12.2 Å². The summed E-state index contributed by atoms with van der Waals surface area (Å²) < 4.78 is 5.84. The van der Waals surface area contributed by atoms with Crippen molar-refractivity contribution >= 4 is 17.1 Å². The first kappa shape index (κ1) is 20.3. The Morgan fingerprint density at radius 3 is 2.77 bits per heavy atom.